The summed E-state index contributed by atoms with van der Waals surface area (Å²) in [5, 5.41) is 3.22. The smallest absolute Gasteiger partial charge is 0.242 e. The fourth-order valence-electron chi connectivity index (χ4n) is 2.93. The molecule has 2 aliphatic rings. The number of piperazine rings is 1. The number of carbonyl (C=O) groups is 2. The van der Waals surface area contributed by atoms with Gasteiger partial charge in [-0.15, -0.1) is 11.8 Å². The van der Waals surface area contributed by atoms with E-state index in [4.69, 9.17) is 0 Å². The van der Waals surface area contributed by atoms with Gasteiger partial charge in [0.05, 0.1) is 12.5 Å². The Balaban J connectivity index is 1.62. The van der Waals surface area contributed by atoms with Crippen LogP contribution in [0.5, 0.6) is 0 Å². The Labute approximate surface area is 135 Å². The van der Waals surface area contributed by atoms with Crippen LogP contribution < -0.4 is 5.32 Å². The molecule has 1 atom stereocenters. The van der Waals surface area contributed by atoms with Crippen molar-refractivity contribution in [3.63, 3.8) is 0 Å². The Morgan fingerprint density at radius 2 is 2.05 bits per heavy atom. The minimum atomic E-state index is -0.123. The van der Waals surface area contributed by atoms with E-state index < -0.39 is 0 Å². The van der Waals surface area contributed by atoms with Gasteiger partial charge >= 0.3 is 0 Å². The maximum Gasteiger partial charge on any atom is 0.242 e. The van der Waals surface area contributed by atoms with E-state index in [1.165, 1.54) is 4.90 Å². The minimum absolute atomic E-state index is 0.0382. The van der Waals surface area contributed by atoms with Gasteiger partial charge in [-0.1, -0.05) is 18.2 Å². The molecule has 1 fully saturated rings. The first-order valence-corrected chi connectivity index (χ1v) is 8.60. The maximum absolute atomic E-state index is 12.7. The van der Waals surface area contributed by atoms with Crippen molar-refractivity contribution >= 4 is 23.6 Å². The topological polar surface area (TPSA) is 52.7 Å². The van der Waals surface area contributed by atoms with Crippen LogP contribution in [-0.2, 0) is 9.59 Å². The highest BCUT2D eigenvalue weighted by atomic mass is 32.2. The molecule has 118 valence electrons. The molecule has 1 aromatic carbocycles. The van der Waals surface area contributed by atoms with Crippen molar-refractivity contribution in [3.05, 3.63) is 29.8 Å². The molecule has 2 heterocycles. The van der Waals surface area contributed by atoms with E-state index in [-0.39, 0.29) is 24.3 Å². The summed E-state index contributed by atoms with van der Waals surface area (Å²) in [5.74, 6) is 0.726. The van der Waals surface area contributed by atoms with E-state index in [1.807, 2.05) is 23.1 Å². The number of amides is 2. The van der Waals surface area contributed by atoms with Crippen molar-refractivity contribution < 1.29 is 9.59 Å². The lowest BCUT2D eigenvalue weighted by Gasteiger charge is -2.30. The summed E-state index contributed by atoms with van der Waals surface area (Å²) < 4.78 is 0. The van der Waals surface area contributed by atoms with Crippen LogP contribution in [0.2, 0.25) is 0 Å². The van der Waals surface area contributed by atoms with Gasteiger partial charge in [0.15, 0.2) is 0 Å². The van der Waals surface area contributed by atoms with Gasteiger partial charge in [0, 0.05) is 43.9 Å². The summed E-state index contributed by atoms with van der Waals surface area (Å²) >= 11 is 1.72. The van der Waals surface area contributed by atoms with Gasteiger partial charge in [-0.05, 0) is 11.6 Å². The molecule has 0 aromatic heterocycles. The zero-order valence-corrected chi connectivity index (χ0v) is 13.6. The predicted octanol–water partition coefficient (Wildman–Crippen LogP) is 0.766. The summed E-state index contributed by atoms with van der Waals surface area (Å²) in [4.78, 5) is 29.5. The van der Waals surface area contributed by atoms with Crippen molar-refractivity contribution in [2.24, 2.45) is 0 Å². The van der Waals surface area contributed by atoms with Crippen LogP contribution >= 0.6 is 11.8 Å². The van der Waals surface area contributed by atoms with Crippen molar-refractivity contribution in [3.8, 4) is 0 Å². The molecule has 2 aliphatic heterocycles. The molecular weight excluding hydrogens is 298 g/mol. The van der Waals surface area contributed by atoms with Crippen molar-refractivity contribution in [1.29, 1.82) is 0 Å². The summed E-state index contributed by atoms with van der Waals surface area (Å²) in [5.41, 5.74) is 1.10. The summed E-state index contributed by atoms with van der Waals surface area (Å²) in [7, 11) is 1.73. The molecule has 0 saturated carbocycles. The van der Waals surface area contributed by atoms with Gasteiger partial charge in [0.1, 0.15) is 0 Å². The zero-order valence-electron chi connectivity index (χ0n) is 12.7. The van der Waals surface area contributed by atoms with Gasteiger partial charge in [0.25, 0.3) is 0 Å². The number of carbonyl (C=O) groups excluding carboxylic acids is 2. The molecule has 1 N–H and O–H groups in total. The van der Waals surface area contributed by atoms with Crippen LogP contribution in [0.25, 0.3) is 0 Å². The van der Waals surface area contributed by atoms with E-state index in [9.17, 15) is 9.59 Å². The first-order valence-electron chi connectivity index (χ1n) is 7.62. The van der Waals surface area contributed by atoms with Crippen LogP contribution in [0.1, 0.15) is 11.5 Å². The summed E-state index contributed by atoms with van der Waals surface area (Å²) in [6.45, 7) is 3.28. The Morgan fingerprint density at radius 1 is 1.32 bits per heavy atom. The predicted molar refractivity (Wildman–Crippen MR) is 87.0 cm³/mol. The van der Waals surface area contributed by atoms with Crippen LogP contribution in [0.3, 0.4) is 0 Å². The lowest BCUT2D eigenvalue weighted by molar-refractivity contribution is -0.140. The fraction of sp³-hybridized carbons (Fsp3) is 0.500. The molecule has 1 aromatic rings. The number of likely N-dealkylation sites (N-methyl/N-ethyl adjacent to an activating group) is 1. The largest absolute Gasteiger partial charge is 0.339 e. The average molecular weight is 319 g/mol. The number of hydrogen-bond acceptors (Lipinski definition) is 4. The van der Waals surface area contributed by atoms with Crippen molar-refractivity contribution in [1.82, 2.24) is 15.1 Å². The SMILES string of the molecule is CN(CC(=O)N1CCNCC1)C(=O)C1CSc2ccccc21. The molecule has 0 aliphatic carbocycles. The average Bonchev–Trinajstić information content (AvgIpc) is 2.99. The van der Waals surface area contributed by atoms with Crippen LogP contribution in [0.15, 0.2) is 29.2 Å². The third kappa shape index (κ3) is 3.13. The van der Waals surface area contributed by atoms with E-state index in [0.29, 0.717) is 0 Å². The number of rotatable bonds is 3. The number of benzene rings is 1. The second-order valence-corrected chi connectivity index (χ2v) is 6.79. The number of nitrogens with one attached hydrogen (secondary N) is 1. The number of thioether (sulfide) groups is 1. The highest BCUT2D eigenvalue weighted by Crippen LogP contribution is 2.39. The number of nitrogens with zero attached hydrogens (tertiary/aromatic N) is 2. The molecule has 0 spiro atoms. The summed E-state index contributed by atoms with van der Waals surface area (Å²) in [6.07, 6.45) is 0. The highest BCUT2D eigenvalue weighted by molar-refractivity contribution is 7.99. The molecular formula is C16H21N3O2S. The third-order valence-corrected chi connectivity index (χ3v) is 5.40. The van der Waals surface area contributed by atoms with E-state index in [2.05, 4.69) is 11.4 Å². The quantitative estimate of drug-likeness (QED) is 0.894. The molecule has 0 bridgehead atoms. The van der Waals surface area contributed by atoms with Gasteiger partial charge in [-0.3, -0.25) is 9.59 Å². The van der Waals surface area contributed by atoms with Crippen LogP contribution in [0.4, 0.5) is 0 Å². The molecule has 6 heteroatoms. The van der Waals surface area contributed by atoms with Gasteiger partial charge in [-0.2, -0.15) is 0 Å². The highest BCUT2D eigenvalue weighted by Gasteiger charge is 2.32. The third-order valence-electron chi connectivity index (χ3n) is 4.22. The van der Waals surface area contributed by atoms with Crippen molar-refractivity contribution in [2.75, 3.05) is 45.5 Å². The first-order chi connectivity index (χ1) is 10.7. The second kappa shape index (κ2) is 6.71. The molecule has 22 heavy (non-hydrogen) atoms. The lowest BCUT2D eigenvalue weighted by atomic mass is 10.00. The molecule has 1 unspecified atom stereocenters. The van der Waals surface area contributed by atoms with E-state index in [1.54, 1.807) is 23.7 Å². The first kappa shape index (κ1) is 15.4. The fourth-order valence-corrected chi connectivity index (χ4v) is 4.15. The minimum Gasteiger partial charge on any atom is -0.339 e. The van der Waals surface area contributed by atoms with Crippen LogP contribution in [-0.4, -0.2) is 67.1 Å². The van der Waals surface area contributed by atoms with Gasteiger partial charge in [-0.25, -0.2) is 0 Å². The normalized spacial score (nSPS) is 20.6. The molecule has 3 rings (SSSR count). The molecule has 1 saturated heterocycles. The van der Waals surface area contributed by atoms with E-state index in [0.717, 1.165) is 37.5 Å². The summed E-state index contributed by atoms with van der Waals surface area (Å²) in [6, 6.07) is 8.04. The van der Waals surface area contributed by atoms with Crippen molar-refractivity contribution in [2.45, 2.75) is 10.8 Å². The van der Waals surface area contributed by atoms with Gasteiger partial charge < -0.3 is 15.1 Å². The molecule has 2 amide bonds. The maximum atomic E-state index is 12.7. The number of hydrogen-bond donors (Lipinski definition) is 1. The van der Waals surface area contributed by atoms with Gasteiger partial charge in [0.2, 0.25) is 11.8 Å². The second-order valence-electron chi connectivity index (χ2n) is 5.73. The standard InChI is InChI=1S/C16H21N3O2S/c1-18(10-15(20)19-8-6-17-7-9-19)16(21)13-11-22-14-5-3-2-4-12(13)14/h2-5,13,17H,6-11H2,1H3. The van der Waals surface area contributed by atoms with Crippen LogP contribution in [0, 0.1) is 0 Å². The lowest BCUT2D eigenvalue weighted by Crippen LogP contribution is -2.50. The Hall–Kier alpha value is -1.53. The molecule has 0 radical (unpaired) electrons. The zero-order chi connectivity index (χ0) is 15.5. The number of fused-ring (bicyclic) bond motifs is 1. The monoisotopic (exact) mass is 319 g/mol. The Kier molecular flexibility index (Phi) is 4.69. The Morgan fingerprint density at radius 3 is 2.82 bits per heavy atom. The Bertz CT molecular complexity index is 572. The molecule has 5 nitrogen and oxygen atoms in total. The van der Waals surface area contributed by atoms with E-state index >= 15 is 0 Å².